The van der Waals surface area contributed by atoms with E-state index in [0.29, 0.717) is 5.92 Å². The predicted molar refractivity (Wildman–Crippen MR) is 119 cm³/mol. The van der Waals surface area contributed by atoms with E-state index in [1.807, 2.05) is 18.4 Å². The van der Waals surface area contributed by atoms with E-state index < -0.39 is 0 Å². The summed E-state index contributed by atoms with van der Waals surface area (Å²) in [4.78, 5) is 5.93. The first kappa shape index (κ1) is 18.1. The second kappa shape index (κ2) is 7.45. The van der Waals surface area contributed by atoms with Crippen LogP contribution in [-0.4, -0.2) is 36.6 Å². The van der Waals surface area contributed by atoms with Crippen molar-refractivity contribution in [3.05, 3.63) is 72.1 Å². The molecule has 2 aromatic carbocycles. The number of rotatable bonds is 5. The van der Waals surface area contributed by atoms with Crippen molar-refractivity contribution in [3.63, 3.8) is 0 Å². The zero-order valence-corrected chi connectivity index (χ0v) is 16.9. The standard InChI is InChI=1S/C25H26N2O2/c1-17(22-16-29-25-20(22)7-5-9-24(25)28-2)15-27-12-10-18(11-13-27)21-14-26-23-8-4-3-6-19(21)23/h3-10,14,16-17,26H,11-13,15H2,1-2H3. The maximum Gasteiger partial charge on any atom is 0.175 e. The number of para-hydroxylation sites is 2. The fraction of sp³-hybridized carbons (Fsp3) is 0.280. The van der Waals surface area contributed by atoms with Crippen LogP contribution in [0.25, 0.3) is 27.4 Å². The molecular weight excluding hydrogens is 360 g/mol. The van der Waals surface area contributed by atoms with Gasteiger partial charge in [-0.2, -0.15) is 0 Å². The van der Waals surface area contributed by atoms with Crippen LogP contribution in [0.5, 0.6) is 5.75 Å². The SMILES string of the molecule is COc1cccc2c(C(C)CN3CC=C(c4c[nH]c5ccccc45)CC3)coc12. The Bertz CT molecular complexity index is 1180. The molecule has 0 amide bonds. The van der Waals surface area contributed by atoms with E-state index in [1.54, 1.807) is 7.11 Å². The Morgan fingerprint density at radius 1 is 1.14 bits per heavy atom. The third kappa shape index (κ3) is 3.23. The number of furan rings is 1. The van der Waals surface area contributed by atoms with Crippen LogP contribution in [0.2, 0.25) is 0 Å². The van der Waals surface area contributed by atoms with Crippen LogP contribution in [0.1, 0.15) is 30.4 Å². The monoisotopic (exact) mass is 386 g/mol. The molecule has 4 aromatic rings. The average molecular weight is 386 g/mol. The van der Waals surface area contributed by atoms with E-state index in [1.165, 1.54) is 27.6 Å². The third-order valence-corrected chi connectivity index (χ3v) is 6.10. The Kier molecular flexibility index (Phi) is 4.64. The molecule has 1 N–H and O–H groups in total. The number of hydrogen-bond donors (Lipinski definition) is 1. The maximum atomic E-state index is 5.83. The molecule has 0 aliphatic carbocycles. The first-order valence-electron chi connectivity index (χ1n) is 10.3. The van der Waals surface area contributed by atoms with Crippen molar-refractivity contribution < 1.29 is 9.15 Å². The summed E-state index contributed by atoms with van der Waals surface area (Å²) in [6.45, 7) is 5.36. The molecule has 2 aromatic heterocycles. The minimum atomic E-state index is 0.395. The van der Waals surface area contributed by atoms with E-state index in [2.05, 4.69) is 59.4 Å². The Hall–Kier alpha value is -2.98. The van der Waals surface area contributed by atoms with Crippen LogP contribution in [0, 0.1) is 0 Å². The third-order valence-electron chi connectivity index (χ3n) is 6.10. The van der Waals surface area contributed by atoms with Gasteiger partial charge in [0.25, 0.3) is 0 Å². The lowest BCUT2D eigenvalue weighted by atomic mass is 9.96. The number of aromatic nitrogens is 1. The number of methoxy groups -OCH3 is 1. The fourth-order valence-electron chi connectivity index (χ4n) is 4.54. The predicted octanol–water partition coefficient (Wildman–Crippen LogP) is 5.82. The number of hydrogen-bond acceptors (Lipinski definition) is 3. The summed E-state index contributed by atoms with van der Waals surface area (Å²) in [7, 11) is 1.69. The average Bonchev–Trinajstić information content (AvgIpc) is 3.38. The summed E-state index contributed by atoms with van der Waals surface area (Å²) in [6.07, 6.45) is 7.52. The zero-order valence-electron chi connectivity index (χ0n) is 16.9. The van der Waals surface area contributed by atoms with Crippen molar-refractivity contribution in [1.29, 1.82) is 0 Å². The van der Waals surface area contributed by atoms with Gasteiger partial charge in [0.15, 0.2) is 11.3 Å². The number of H-pyrrole nitrogens is 1. The molecule has 0 saturated heterocycles. The second-order valence-corrected chi connectivity index (χ2v) is 7.92. The van der Waals surface area contributed by atoms with E-state index in [-0.39, 0.29) is 0 Å². The summed E-state index contributed by atoms with van der Waals surface area (Å²) in [5.74, 6) is 1.19. The van der Waals surface area contributed by atoms with Crippen molar-refractivity contribution >= 4 is 27.4 Å². The van der Waals surface area contributed by atoms with Crippen molar-refractivity contribution in [2.45, 2.75) is 19.3 Å². The molecule has 1 aliphatic heterocycles. The van der Waals surface area contributed by atoms with Crippen molar-refractivity contribution in [2.24, 2.45) is 0 Å². The Morgan fingerprint density at radius 3 is 2.83 bits per heavy atom. The molecule has 4 heteroatoms. The molecule has 1 atom stereocenters. The molecule has 3 heterocycles. The fourth-order valence-corrected chi connectivity index (χ4v) is 4.54. The van der Waals surface area contributed by atoms with Gasteiger partial charge in [0.05, 0.1) is 13.4 Å². The highest BCUT2D eigenvalue weighted by Gasteiger charge is 2.20. The van der Waals surface area contributed by atoms with Gasteiger partial charge in [0.1, 0.15) is 0 Å². The summed E-state index contributed by atoms with van der Waals surface area (Å²) in [6, 6.07) is 14.6. The molecule has 0 radical (unpaired) electrons. The highest BCUT2D eigenvalue weighted by atomic mass is 16.5. The van der Waals surface area contributed by atoms with E-state index >= 15 is 0 Å². The highest BCUT2D eigenvalue weighted by molar-refractivity contribution is 5.92. The second-order valence-electron chi connectivity index (χ2n) is 7.92. The van der Waals surface area contributed by atoms with Crippen LogP contribution < -0.4 is 4.74 Å². The van der Waals surface area contributed by atoms with Crippen LogP contribution >= 0.6 is 0 Å². The summed E-state index contributed by atoms with van der Waals surface area (Å²) < 4.78 is 11.3. The number of benzene rings is 2. The largest absolute Gasteiger partial charge is 0.493 e. The molecule has 0 spiro atoms. The molecule has 5 rings (SSSR count). The maximum absolute atomic E-state index is 5.83. The Balaban J connectivity index is 1.32. The minimum absolute atomic E-state index is 0.395. The van der Waals surface area contributed by atoms with E-state index in [9.17, 15) is 0 Å². The molecule has 0 saturated carbocycles. The topological polar surface area (TPSA) is 41.4 Å². The summed E-state index contributed by atoms with van der Waals surface area (Å²) in [5.41, 5.74) is 6.11. The lowest BCUT2D eigenvalue weighted by Crippen LogP contribution is -2.31. The molecule has 29 heavy (non-hydrogen) atoms. The highest BCUT2D eigenvalue weighted by Crippen LogP contribution is 2.34. The van der Waals surface area contributed by atoms with E-state index in [4.69, 9.17) is 9.15 Å². The van der Waals surface area contributed by atoms with Crippen LogP contribution in [0.15, 0.2) is 65.4 Å². The van der Waals surface area contributed by atoms with Gasteiger partial charge in [0, 0.05) is 53.2 Å². The minimum Gasteiger partial charge on any atom is -0.493 e. The zero-order chi connectivity index (χ0) is 19.8. The molecule has 0 bridgehead atoms. The smallest absolute Gasteiger partial charge is 0.175 e. The molecule has 0 fully saturated rings. The lowest BCUT2D eigenvalue weighted by Gasteiger charge is -2.28. The number of nitrogens with zero attached hydrogens (tertiary/aromatic N) is 1. The number of nitrogens with one attached hydrogen (secondary N) is 1. The molecule has 1 unspecified atom stereocenters. The van der Waals surface area contributed by atoms with Gasteiger partial charge >= 0.3 is 0 Å². The van der Waals surface area contributed by atoms with Gasteiger partial charge in [0.2, 0.25) is 0 Å². The molecule has 1 aliphatic rings. The van der Waals surface area contributed by atoms with Crippen LogP contribution in [0.3, 0.4) is 0 Å². The summed E-state index contributed by atoms with van der Waals surface area (Å²) >= 11 is 0. The van der Waals surface area contributed by atoms with Crippen molar-refractivity contribution in [2.75, 3.05) is 26.7 Å². The first-order chi connectivity index (χ1) is 14.2. The van der Waals surface area contributed by atoms with Crippen LogP contribution in [0.4, 0.5) is 0 Å². The van der Waals surface area contributed by atoms with Gasteiger partial charge in [-0.15, -0.1) is 0 Å². The normalized spacial score (nSPS) is 16.3. The molecular formula is C25H26N2O2. The van der Waals surface area contributed by atoms with E-state index in [0.717, 1.165) is 42.8 Å². The lowest BCUT2D eigenvalue weighted by molar-refractivity contribution is 0.287. The van der Waals surface area contributed by atoms with Crippen LogP contribution in [-0.2, 0) is 0 Å². The van der Waals surface area contributed by atoms with Gasteiger partial charge in [-0.3, -0.25) is 4.90 Å². The number of aromatic amines is 1. The number of fused-ring (bicyclic) bond motifs is 2. The number of ether oxygens (including phenoxy) is 1. The molecule has 148 valence electrons. The van der Waals surface area contributed by atoms with Crippen molar-refractivity contribution in [3.8, 4) is 5.75 Å². The Labute approximate surface area is 170 Å². The van der Waals surface area contributed by atoms with Gasteiger partial charge < -0.3 is 14.1 Å². The van der Waals surface area contributed by atoms with Gasteiger partial charge in [-0.1, -0.05) is 43.3 Å². The summed E-state index contributed by atoms with van der Waals surface area (Å²) in [5, 5.41) is 2.48. The quantitative estimate of drug-likeness (QED) is 0.470. The van der Waals surface area contributed by atoms with Gasteiger partial charge in [-0.25, -0.2) is 0 Å². The Morgan fingerprint density at radius 2 is 2.00 bits per heavy atom. The van der Waals surface area contributed by atoms with Gasteiger partial charge in [-0.05, 0) is 30.0 Å². The van der Waals surface area contributed by atoms with Crippen molar-refractivity contribution in [1.82, 2.24) is 9.88 Å². The first-order valence-corrected chi connectivity index (χ1v) is 10.3. The molecule has 4 nitrogen and oxygen atoms in total.